The van der Waals surface area contributed by atoms with Gasteiger partial charge in [-0.25, -0.2) is 0 Å². The molecule has 0 saturated heterocycles. The molecule has 0 saturated carbocycles. The Hall–Kier alpha value is -6.08. The van der Waals surface area contributed by atoms with E-state index in [4.69, 9.17) is 9.97 Å². The molecule has 2 N–H and O–H groups in total. The van der Waals surface area contributed by atoms with E-state index in [9.17, 15) is 10.2 Å². The molecule has 1 aliphatic rings. The molecule has 252 valence electrons. The fourth-order valence-corrected chi connectivity index (χ4v) is 8.63. The van der Waals surface area contributed by atoms with Crippen molar-refractivity contribution in [3.8, 4) is 33.6 Å². The number of aliphatic hydroxyl groups excluding tert-OH is 1. The first-order valence-corrected chi connectivity index (χ1v) is 18.0. The minimum Gasteiger partial charge on any atom is -0.392 e. The number of hydrogen-bond donors (Lipinski definition) is 2. The average Bonchev–Trinajstić information content (AvgIpc) is 3.80. The fraction of sp³-hybridized carbons (Fsp3) is 0.130. The minimum atomic E-state index is -1.52. The summed E-state index contributed by atoms with van der Waals surface area (Å²) in [6, 6.07) is 42.0. The van der Waals surface area contributed by atoms with Crippen LogP contribution in [-0.4, -0.2) is 29.3 Å². The van der Waals surface area contributed by atoms with Crippen LogP contribution in [0.2, 0.25) is 0 Å². The zero-order valence-electron chi connectivity index (χ0n) is 29.0. The molecule has 0 radical (unpaired) electrons. The van der Waals surface area contributed by atoms with Crippen molar-refractivity contribution in [1.82, 2.24) is 19.1 Å². The lowest BCUT2D eigenvalue weighted by atomic mass is 9.83. The van der Waals surface area contributed by atoms with Gasteiger partial charge in [0.15, 0.2) is 0 Å². The van der Waals surface area contributed by atoms with Crippen LogP contribution in [0.25, 0.3) is 77.3 Å². The predicted molar refractivity (Wildman–Crippen MR) is 210 cm³/mol. The first-order chi connectivity index (χ1) is 25.5. The minimum absolute atomic E-state index is 0.0723. The number of aromatic nitrogens is 4. The van der Waals surface area contributed by atoms with Gasteiger partial charge in [-0.2, -0.15) is 0 Å². The molecular formula is C46H36N4O2. The molecule has 0 spiro atoms. The van der Waals surface area contributed by atoms with Crippen LogP contribution in [0.5, 0.6) is 0 Å². The summed E-state index contributed by atoms with van der Waals surface area (Å²) in [5.74, 6) is 0. The molecule has 0 fully saturated rings. The third-order valence-electron chi connectivity index (χ3n) is 11.2. The summed E-state index contributed by atoms with van der Waals surface area (Å²) in [6.45, 7) is 6.05. The van der Waals surface area contributed by atoms with Gasteiger partial charge in [0.05, 0.1) is 18.0 Å². The monoisotopic (exact) mass is 676 g/mol. The van der Waals surface area contributed by atoms with Crippen molar-refractivity contribution >= 4 is 43.6 Å². The molecule has 4 heterocycles. The number of hydrogen-bond acceptors (Lipinski definition) is 4. The molecular weight excluding hydrogens is 641 g/mol. The Balaban J connectivity index is 1.15. The van der Waals surface area contributed by atoms with Gasteiger partial charge in [-0.3, -0.25) is 9.97 Å². The van der Waals surface area contributed by atoms with Crippen LogP contribution in [0.3, 0.4) is 0 Å². The van der Waals surface area contributed by atoms with E-state index in [2.05, 4.69) is 120 Å². The number of rotatable bonds is 6. The smallest absolute Gasteiger partial charge is 0.144 e. The molecule has 0 unspecified atom stereocenters. The van der Waals surface area contributed by atoms with Crippen molar-refractivity contribution in [3.05, 3.63) is 156 Å². The zero-order valence-corrected chi connectivity index (χ0v) is 29.0. The third-order valence-corrected chi connectivity index (χ3v) is 11.2. The molecule has 5 aromatic carbocycles. The molecule has 1 aliphatic carbocycles. The number of aliphatic hydroxyl groups is 2. The van der Waals surface area contributed by atoms with Gasteiger partial charge < -0.3 is 19.3 Å². The molecule has 6 heteroatoms. The molecule has 0 atom stereocenters. The Labute approximate surface area is 300 Å². The van der Waals surface area contributed by atoms with Gasteiger partial charge in [-0.05, 0) is 84.6 Å². The van der Waals surface area contributed by atoms with Gasteiger partial charge in [-0.1, -0.05) is 72.8 Å². The third kappa shape index (κ3) is 4.25. The van der Waals surface area contributed by atoms with Crippen molar-refractivity contribution in [2.24, 2.45) is 0 Å². The van der Waals surface area contributed by atoms with E-state index in [0.717, 1.165) is 40.9 Å². The Bertz CT molecular complexity index is 2710. The molecule has 4 aromatic heterocycles. The maximum atomic E-state index is 13.1. The van der Waals surface area contributed by atoms with Gasteiger partial charge >= 0.3 is 0 Å². The van der Waals surface area contributed by atoms with Crippen LogP contribution >= 0.6 is 0 Å². The van der Waals surface area contributed by atoms with Crippen molar-refractivity contribution in [2.45, 2.75) is 39.1 Å². The van der Waals surface area contributed by atoms with Crippen LogP contribution in [0.1, 0.15) is 36.1 Å². The van der Waals surface area contributed by atoms with Gasteiger partial charge in [0, 0.05) is 91.3 Å². The van der Waals surface area contributed by atoms with Crippen LogP contribution in [0, 0.1) is 0 Å². The summed E-state index contributed by atoms with van der Waals surface area (Å²) < 4.78 is 4.70. The first kappa shape index (κ1) is 30.7. The van der Waals surface area contributed by atoms with E-state index in [-0.39, 0.29) is 6.61 Å². The molecule has 0 aliphatic heterocycles. The Morgan fingerprint density at radius 3 is 1.44 bits per heavy atom. The number of fused-ring (bicyclic) bond motifs is 9. The number of para-hydroxylation sites is 2. The van der Waals surface area contributed by atoms with Crippen molar-refractivity contribution < 1.29 is 10.2 Å². The fourth-order valence-electron chi connectivity index (χ4n) is 8.63. The van der Waals surface area contributed by atoms with Gasteiger partial charge in [0.1, 0.15) is 5.60 Å². The van der Waals surface area contributed by atoms with E-state index in [1.54, 1.807) is 0 Å². The predicted octanol–water partition coefficient (Wildman–Crippen LogP) is 9.82. The summed E-state index contributed by atoms with van der Waals surface area (Å²) in [6.07, 6.45) is 3.80. The topological polar surface area (TPSA) is 76.1 Å². The van der Waals surface area contributed by atoms with Crippen molar-refractivity contribution in [3.63, 3.8) is 0 Å². The van der Waals surface area contributed by atoms with Crippen LogP contribution in [0.15, 0.2) is 134 Å². The second-order valence-electron chi connectivity index (χ2n) is 13.8. The Morgan fingerprint density at radius 2 is 0.981 bits per heavy atom. The van der Waals surface area contributed by atoms with E-state index >= 15 is 0 Å². The first-order valence-electron chi connectivity index (χ1n) is 18.0. The zero-order chi connectivity index (χ0) is 35.1. The highest BCUT2D eigenvalue weighted by Crippen LogP contribution is 2.51. The molecule has 9 aromatic rings. The summed E-state index contributed by atoms with van der Waals surface area (Å²) in [7, 11) is 0. The maximum absolute atomic E-state index is 13.1. The van der Waals surface area contributed by atoms with Crippen LogP contribution < -0.4 is 0 Å². The molecule has 0 bridgehead atoms. The summed E-state index contributed by atoms with van der Waals surface area (Å²) in [5, 5.41) is 27.8. The maximum Gasteiger partial charge on any atom is 0.144 e. The molecule has 52 heavy (non-hydrogen) atoms. The van der Waals surface area contributed by atoms with Crippen molar-refractivity contribution in [2.75, 3.05) is 0 Å². The lowest BCUT2D eigenvalue weighted by molar-refractivity contribution is 0.130. The van der Waals surface area contributed by atoms with Gasteiger partial charge in [0.25, 0.3) is 0 Å². The van der Waals surface area contributed by atoms with E-state index in [0.29, 0.717) is 28.1 Å². The van der Waals surface area contributed by atoms with Crippen LogP contribution in [-0.2, 0) is 25.3 Å². The highest BCUT2D eigenvalue weighted by Gasteiger charge is 2.45. The quantitative estimate of drug-likeness (QED) is 0.184. The SMILES string of the molecule is CCn1c2ccccc2c2cc(-c3cnc4c(c3)C(O)(c3ccc(CO)cc3)c3cc(-c5ccc6c(c5)c5ccccc5n6CC)cnc3-4)ccc21. The number of pyridine rings is 2. The van der Waals surface area contributed by atoms with E-state index in [1.165, 1.54) is 43.6 Å². The Morgan fingerprint density at radius 1 is 0.519 bits per heavy atom. The number of aryl methyl sites for hydroxylation is 2. The van der Waals surface area contributed by atoms with Gasteiger partial charge in [0.2, 0.25) is 0 Å². The molecule has 10 rings (SSSR count). The van der Waals surface area contributed by atoms with E-state index in [1.807, 2.05) is 36.7 Å². The standard InChI is InChI=1S/C46H36N4O2/c1-3-49-40-11-7-5-9-34(40)36-21-29(15-19-42(36)49)31-23-38-44(47-25-31)45-39(46(38,52)33-17-13-28(27-51)14-18-33)24-32(26-48-45)30-16-20-43-37(22-30)35-10-6-8-12-41(35)50(43)4-2/h5-26,51-52H,3-4,27H2,1-2H3. The molecule has 6 nitrogen and oxygen atoms in total. The number of nitrogens with zero attached hydrogens (tertiary/aromatic N) is 4. The normalized spacial score (nSPS) is 13.4. The summed E-state index contributed by atoms with van der Waals surface area (Å²) >= 11 is 0. The summed E-state index contributed by atoms with van der Waals surface area (Å²) in [4.78, 5) is 10.0. The van der Waals surface area contributed by atoms with Crippen LogP contribution in [0.4, 0.5) is 0 Å². The van der Waals surface area contributed by atoms with Gasteiger partial charge in [-0.15, -0.1) is 0 Å². The highest BCUT2D eigenvalue weighted by molar-refractivity contribution is 6.10. The number of benzene rings is 5. The lowest BCUT2D eigenvalue weighted by Crippen LogP contribution is -2.26. The largest absolute Gasteiger partial charge is 0.392 e. The second kappa shape index (κ2) is 11.5. The summed E-state index contributed by atoms with van der Waals surface area (Å²) in [5.41, 5.74) is 11.4. The average molecular weight is 677 g/mol. The second-order valence-corrected chi connectivity index (χ2v) is 13.8. The Kier molecular flexibility index (Phi) is 6.78. The van der Waals surface area contributed by atoms with Crippen molar-refractivity contribution in [1.29, 1.82) is 0 Å². The van der Waals surface area contributed by atoms with E-state index < -0.39 is 5.60 Å². The lowest BCUT2D eigenvalue weighted by Gasteiger charge is -2.27. The highest BCUT2D eigenvalue weighted by atomic mass is 16.3. The molecule has 0 amide bonds.